The number of aliphatic imine (C=N–C) groups is 1. The van der Waals surface area contributed by atoms with Crippen LogP contribution in [0.3, 0.4) is 0 Å². The van der Waals surface area contributed by atoms with Crippen LogP contribution in [0.4, 0.5) is 0 Å². The van der Waals surface area contributed by atoms with Crippen LogP contribution in [0.1, 0.15) is 31.2 Å². The van der Waals surface area contributed by atoms with Gasteiger partial charge in [0.05, 0.1) is 13.3 Å². The number of nitrogens with zero attached hydrogens (tertiary/aromatic N) is 2. The molecule has 0 unspecified atom stereocenters. The minimum absolute atomic E-state index is 0.855. The molecule has 0 saturated carbocycles. The Labute approximate surface area is 108 Å². The van der Waals surface area contributed by atoms with Crippen molar-refractivity contribution in [3.63, 3.8) is 0 Å². The normalized spacial score (nSPS) is 16.2. The Morgan fingerprint density at radius 1 is 1.22 bits per heavy atom. The third kappa shape index (κ3) is 3.87. The number of methoxy groups -OCH3 is 1. The summed E-state index contributed by atoms with van der Waals surface area (Å²) in [6, 6.07) is 7.78. The third-order valence-electron chi connectivity index (χ3n) is 2.90. The van der Waals surface area contributed by atoms with E-state index in [1.54, 1.807) is 13.3 Å². The van der Waals surface area contributed by atoms with Gasteiger partial charge >= 0.3 is 0 Å². The molecule has 96 valence electrons. The van der Waals surface area contributed by atoms with Gasteiger partial charge in [-0.3, -0.25) is 10.4 Å². The van der Waals surface area contributed by atoms with Gasteiger partial charge in [-0.1, -0.05) is 6.42 Å². The summed E-state index contributed by atoms with van der Waals surface area (Å²) in [4.78, 5) is 4.45. The summed E-state index contributed by atoms with van der Waals surface area (Å²) < 4.78 is 5.10. The van der Waals surface area contributed by atoms with Gasteiger partial charge in [0.15, 0.2) is 0 Å². The quantitative estimate of drug-likeness (QED) is 0.657. The molecule has 1 aromatic carbocycles. The first-order valence-electron chi connectivity index (χ1n) is 6.35. The number of amidine groups is 1. The summed E-state index contributed by atoms with van der Waals surface area (Å²) in [5, 5.41) is 4.22. The summed E-state index contributed by atoms with van der Waals surface area (Å²) >= 11 is 0. The van der Waals surface area contributed by atoms with Gasteiger partial charge < -0.3 is 4.74 Å². The molecule has 0 atom stereocenters. The Bertz CT molecular complexity index is 423. The van der Waals surface area contributed by atoms with E-state index in [1.807, 2.05) is 24.3 Å². The Morgan fingerprint density at radius 2 is 2.06 bits per heavy atom. The number of nitrogens with one attached hydrogen (secondary N) is 1. The molecule has 18 heavy (non-hydrogen) atoms. The van der Waals surface area contributed by atoms with E-state index in [9.17, 15) is 0 Å². The van der Waals surface area contributed by atoms with Gasteiger partial charge in [0.2, 0.25) is 0 Å². The standard InChI is InChI=1S/C14H19N3O/c1-18-13-8-6-12(7-9-13)11-16-17-14-5-3-2-4-10-15-14/h6-9,11H,2-5,10H2,1H3,(H,15,17)/b16-11+. The summed E-state index contributed by atoms with van der Waals surface area (Å²) in [6.45, 7) is 0.917. The number of hydrogen-bond donors (Lipinski definition) is 1. The Kier molecular flexibility index (Phi) is 4.76. The number of benzene rings is 1. The average Bonchev–Trinajstić information content (AvgIpc) is 2.68. The van der Waals surface area contributed by atoms with E-state index < -0.39 is 0 Å². The summed E-state index contributed by atoms with van der Waals surface area (Å²) in [5.41, 5.74) is 4.07. The van der Waals surface area contributed by atoms with Crippen molar-refractivity contribution < 1.29 is 4.74 Å². The highest BCUT2D eigenvalue weighted by Crippen LogP contribution is 2.09. The topological polar surface area (TPSA) is 46.0 Å². The second-order valence-corrected chi connectivity index (χ2v) is 4.28. The molecule has 1 N–H and O–H groups in total. The van der Waals surface area contributed by atoms with Crippen molar-refractivity contribution in [1.82, 2.24) is 5.43 Å². The molecule has 1 aromatic rings. The Morgan fingerprint density at radius 3 is 2.83 bits per heavy atom. The van der Waals surface area contributed by atoms with Crippen molar-refractivity contribution in [1.29, 1.82) is 0 Å². The molecule has 4 heteroatoms. The fourth-order valence-corrected chi connectivity index (χ4v) is 1.84. The van der Waals surface area contributed by atoms with E-state index in [0.29, 0.717) is 0 Å². The second kappa shape index (κ2) is 6.79. The SMILES string of the molecule is COc1ccc(/C=N/NC2=NCCCCC2)cc1. The van der Waals surface area contributed by atoms with Crippen molar-refractivity contribution in [3.8, 4) is 5.75 Å². The van der Waals surface area contributed by atoms with Gasteiger partial charge in [-0.2, -0.15) is 5.10 Å². The molecule has 0 aliphatic carbocycles. The van der Waals surface area contributed by atoms with Crippen LogP contribution in [0.2, 0.25) is 0 Å². The van der Waals surface area contributed by atoms with E-state index >= 15 is 0 Å². The van der Waals surface area contributed by atoms with E-state index in [2.05, 4.69) is 15.5 Å². The van der Waals surface area contributed by atoms with Crippen molar-refractivity contribution in [3.05, 3.63) is 29.8 Å². The molecule has 0 bridgehead atoms. The van der Waals surface area contributed by atoms with Crippen LogP contribution in [0, 0.1) is 0 Å². The van der Waals surface area contributed by atoms with E-state index in [4.69, 9.17) is 4.74 Å². The lowest BCUT2D eigenvalue weighted by atomic mass is 10.2. The summed E-state index contributed by atoms with van der Waals surface area (Å²) in [7, 11) is 1.66. The maximum atomic E-state index is 5.10. The maximum absolute atomic E-state index is 5.10. The van der Waals surface area contributed by atoms with Crippen molar-refractivity contribution in [2.75, 3.05) is 13.7 Å². The lowest BCUT2D eigenvalue weighted by Gasteiger charge is -2.02. The second-order valence-electron chi connectivity index (χ2n) is 4.28. The predicted molar refractivity (Wildman–Crippen MR) is 74.5 cm³/mol. The first kappa shape index (κ1) is 12.6. The monoisotopic (exact) mass is 245 g/mol. The predicted octanol–water partition coefficient (Wildman–Crippen LogP) is 2.59. The Hall–Kier alpha value is -1.84. The van der Waals surface area contributed by atoms with Gasteiger partial charge in [-0.25, -0.2) is 0 Å². The highest BCUT2D eigenvalue weighted by Gasteiger charge is 2.01. The molecule has 4 nitrogen and oxygen atoms in total. The van der Waals surface area contributed by atoms with E-state index in [-0.39, 0.29) is 0 Å². The van der Waals surface area contributed by atoms with Crippen LogP contribution in [0.5, 0.6) is 5.75 Å². The summed E-state index contributed by atoms with van der Waals surface area (Å²) in [5.74, 6) is 1.85. The van der Waals surface area contributed by atoms with Crippen molar-refractivity contribution in [2.45, 2.75) is 25.7 Å². The number of ether oxygens (including phenoxy) is 1. The minimum Gasteiger partial charge on any atom is -0.497 e. The first-order chi connectivity index (χ1) is 8.88. The maximum Gasteiger partial charge on any atom is 0.118 e. The largest absolute Gasteiger partial charge is 0.497 e. The molecule has 1 heterocycles. The smallest absolute Gasteiger partial charge is 0.118 e. The highest BCUT2D eigenvalue weighted by atomic mass is 16.5. The van der Waals surface area contributed by atoms with Gasteiger partial charge in [-0.05, 0) is 42.7 Å². The van der Waals surface area contributed by atoms with E-state index in [0.717, 1.165) is 30.1 Å². The molecule has 1 aliphatic rings. The molecule has 0 amide bonds. The minimum atomic E-state index is 0.855. The number of rotatable bonds is 3. The van der Waals surface area contributed by atoms with Crippen LogP contribution in [0.15, 0.2) is 34.4 Å². The van der Waals surface area contributed by atoms with Crippen LogP contribution in [0.25, 0.3) is 0 Å². The van der Waals surface area contributed by atoms with Gasteiger partial charge in [0.25, 0.3) is 0 Å². The molecule has 0 aromatic heterocycles. The fraction of sp³-hybridized carbons (Fsp3) is 0.429. The lowest BCUT2D eigenvalue weighted by molar-refractivity contribution is 0.415. The Balaban J connectivity index is 1.87. The number of hydrazone groups is 1. The zero-order valence-electron chi connectivity index (χ0n) is 10.7. The van der Waals surface area contributed by atoms with Crippen LogP contribution >= 0.6 is 0 Å². The molecule has 0 saturated heterocycles. The van der Waals surface area contributed by atoms with Gasteiger partial charge in [-0.15, -0.1) is 0 Å². The fourth-order valence-electron chi connectivity index (χ4n) is 1.84. The van der Waals surface area contributed by atoms with E-state index in [1.165, 1.54) is 19.3 Å². The third-order valence-corrected chi connectivity index (χ3v) is 2.90. The van der Waals surface area contributed by atoms with Gasteiger partial charge in [0.1, 0.15) is 11.6 Å². The van der Waals surface area contributed by atoms with Crippen molar-refractivity contribution in [2.24, 2.45) is 10.1 Å². The highest BCUT2D eigenvalue weighted by molar-refractivity contribution is 5.85. The van der Waals surface area contributed by atoms with Crippen LogP contribution in [-0.2, 0) is 0 Å². The molecule has 0 fully saturated rings. The molecule has 1 aliphatic heterocycles. The van der Waals surface area contributed by atoms with Crippen LogP contribution < -0.4 is 10.2 Å². The lowest BCUT2D eigenvalue weighted by Crippen LogP contribution is -2.17. The van der Waals surface area contributed by atoms with Crippen LogP contribution in [-0.4, -0.2) is 25.7 Å². The summed E-state index contributed by atoms with van der Waals surface area (Å²) in [6.07, 6.45) is 6.45. The first-order valence-corrected chi connectivity index (χ1v) is 6.35. The zero-order chi connectivity index (χ0) is 12.6. The van der Waals surface area contributed by atoms with Gasteiger partial charge in [0, 0.05) is 13.0 Å². The molecule has 2 rings (SSSR count). The molecule has 0 radical (unpaired) electrons. The zero-order valence-corrected chi connectivity index (χ0v) is 10.7. The number of hydrogen-bond acceptors (Lipinski definition) is 4. The molecule has 0 spiro atoms. The molecular weight excluding hydrogens is 226 g/mol. The molecular formula is C14H19N3O. The average molecular weight is 245 g/mol. The van der Waals surface area contributed by atoms with Crippen molar-refractivity contribution >= 4 is 12.1 Å².